The number of aromatic nitrogens is 2. The van der Waals surface area contributed by atoms with E-state index in [1.165, 1.54) is 27.7 Å². The molecule has 4 aromatic rings. The number of sulfonamides is 1. The summed E-state index contributed by atoms with van der Waals surface area (Å²) in [7, 11) is -1.93. The molecular formula is C27H31N3O4S. The molecule has 35 heavy (non-hydrogen) atoms. The number of para-hydroxylation sites is 1. The van der Waals surface area contributed by atoms with Crippen LogP contribution in [0.1, 0.15) is 47.0 Å². The lowest BCUT2D eigenvalue weighted by Gasteiger charge is -2.31. The zero-order valence-electron chi connectivity index (χ0n) is 20.6. The van der Waals surface area contributed by atoms with E-state index in [1.54, 1.807) is 25.3 Å². The Balaban J connectivity index is 1.44. The minimum atomic E-state index is -3.62. The van der Waals surface area contributed by atoms with Gasteiger partial charge in [0.25, 0.3) is 0 Å². The van der Waals surface area contributed by atoms with Crippen LogP contribution in [-0.2, 0) is 16.6 Å². The van der Waals surface area contributed by atoms with Crippen LogP contribution in [0.4, 0.5) is 0 Å². The Bertz CT molecular complexity index is 1460. The summed E-state index contributed by atoms with van der Waals surface area (Å²) in [5, 5.41) is 5.09. The second kappa shape index (κ2) is 9.17. The van der Waals surface area contributed by atoms with Crippen molar-refractivity contribution in [2.75, 3.05) is 20.2 Å². The first kappa shape index (κ1) is 23.6. The molecule has 2 aromatic heterocycles. The van der Waals surface area contributed by atoms with E-state index in [4.69, 9.17) is 9.26 Å². The highest BCUT2D eigenvalue weighted by molar-refractivity contribution is 7.89. The molecule has 2 aromatic carbocycles. The lowest BCUT2D eigenvalue weighted by Crippen LogP contribution is -2.38. The van der Waals surface area contributed by atoms with E-state index in [-0.39, 0.29) is 4.90 Å². The normalized spacial score (nSPS) is 15.7. The number of nitrogens with zero attached hydrogens (tertiary/aromatic N) is 3. The van der Waals surface area contributed by atoms with E-state index in [0.717, 1.165) is 25.1 Å². The van der Waals surface area contributed by atoms with E-state index in [2.05, 4.69) is 53.0 Å². The number of methoxy groups -OCH3 is 1. The van der Waals surface area contributed by atoms with Crippen LogP contribution in [0.15, 0.2) is 57.9 Å². The number of hydrogen-bond acceptors (Lipinski definition) is 5. The van der Waals surface area contributed by atoms with Gasteiger partial charge >= 0.3 is 0 Å². The van der Waals surface area contributed by atoms with Gasteiger partial charge in [-0.15, -0.1) is 0 Å². The van der Waals surface area contributed by atoms with Crippen molar-refractivity contribution < 1.29 is 17.7 Å². The van der Waals surface area contributed by atoms with Gasteiger partial charge in [-0.25, -0.2) is 8.42 Å². The van der Waals surface area contributed by atoms with Gasteiger partial charge in [0.05, 0.1) is 7.11 Å². The number of rotatable bonds is 6. The minimum Gasteiger partial charge on any atom is -0.497 e. The highest BCUT2D eigenvalue weighted by atomic mass is 32.2. The van der Waals surface area contributed by atoms with E-state index in [1.807, 2.05) is 12.1 Å². The number of benzene rings is 2. The van der Waals surface area contributed by atoms with Crippen LogP contribution in [0.3, 0.4) is 0 Å². The standard InChI is InChI=1S/C27H31N3O4S/c1-18-27(20(3)34-28-18)35(31,32)29-14-12-22(13-15-29)26-19(2)30(25-11-6-5-10-24(25)26)17-21-8-7-9-23(16-21)33-4/h5-11,16,22H,12-15,17H2,1-4H3. The van der Waals surface area contributed by atoms with Crippen molar-refractivity contribution in [2.45, 2.75) is 51.0 Å². The second-order valence-corrected chi connectivity index (χ2v) is 11.2. The summed E-state index contributed by atoms with van der Waals surface area (Å²) in [6, 6.07) is 16.7. The van der Waals surface area contributed by atoms with Crippen LogP contribution >= 0.6 is 0 Å². The fourth-order valence-corrected chi connectivity index (χ4v) is 7.25. The molecule has 1 saturated heterocycles. The average Bonchev–Trinajstić information content (AvgIpc) is 3.35. The molecule has 0 amide bonds. The molecule has 0 radical (unpaired) electrons. The molecular weight excluding hydrogens is 462 g/mol. The van der Waals surface area contributed by atoms with Crippen molar-refractivity contribution in [3.8, 4) is 5.75 Å². The first-order valence-electron chi connectivity index (χ1n) is 11.9. The average molecular weight is 494 g/mol. The van der Waals surface area contributed by atoms with Gasteiger partial charge in [0.15, 0.2) is 5.76 Å². The van der Waals surface area contributed by atoms with E-state index >= 15 is 0 Å². The van der Waals surface area contributed by atoms with E-state index < -0.39 is 10.0 Å². The molecule has 8 heteroatoms. The largest absolute Gasteiger partial charge is 0.497 e. The van der Waals surface area contributed by atoms with Gasteiger partial charge in [-0.1, -0.05) is 35.5 Å². The number of piperidine rings is 1. The van der Waals surface area contributed by atoms with Crippen molar-refractivity contribution in [1.29, 1.82) is 0 Å². The zero-order chi connectivity index (χ0) is 24.7. The summed E-state index contributed by atoms with van der Waals surface area (Å²) >= 11 is 0. The molecule has 0 atom stereocenters. The third-order valence-electron chi connectivity index (χ3n) is 7.18. The fraction of sp³-hybridized carbons (Fsp3) is 0.370. The molecule has 7 nitrogen and oxygen atoms in total. The lowest BCUT2D eigenvalue weighted by atomic mass is 9.88. The first-order chi connectivity index (χ1) is 16.8. The summed E-state index contributed by atoms with van der Waals surface area (Å²) in [5.41, 5.74) is 5.37. The van der Waals surface area contributed by atoms with E-state index in [9.17, 15) is 8.42 Å². The maximum atomic E-state index is 13.3. The van der Waals surface area contributed by atoms with Crippen LogP contribution in [0.2, 0.25) is 0 Å². The summed E-state index contributed by atoms with van der Waals surface area (Å²) in [5.74, 6) is 1.49. The molecule has 0 spiro atoms. The van der Waals surface area contributed by atoms with Crippen LogP contribution in [-0.4, -0.2) is 42.6 Å². The Kier molecular flexibility index (Phi) is 6.19. The van der Waals surface area contributed by atoms with Crippen LogP contribution in [0.25, 0.3) is 10.9 Å². The first-order valence-corrected chi connectivity index (χ1v) is 13.4. The van der Waals surface area contributed by atoms with Crippen molar-refractivity contribution in [3.63, 3.8) is 0 Å². The molecule has 0 saturated carbocycles. The number of aryl methyl sites for hydroxylation is 2. The quantitative estimate of drug-likeness (QED) is 0.370. The van der Waals surface area contributed by atoms with E-state index in [0.29, 0.717) is 30.5 Å². The Morgan fingerprint density at radius 3 is 2.49 bits per heavy atom. The van der Waals surface area contributed by atoms with Crippen molar-refractivity contribution in [3.05, 3.63) is 76.8 Å². The van der Waals surface area contributed by atoms with Crippen molar-refractivity contribution in [2.24, 2.45) is 0 Å². The minimum absolute atomic E-state index is 0.210. The molecule has 0 aliphatic carbocycles. The Labute approximate surface area is 206 Å². The molecule has 1 aliphatic heterocycles. The number of ether oxygens (including phenoxy) is 1. The summed E-state index contributed by atoms with van der Waals surface area (Å²) in [6.07, 6.45) is 1.55. The highest BCUT2D eigenvalue weighted by Gasteiger charge is 2.35. The van der Waals surface area contributed by atoms with Gasteiger partial charge in [-0.05, 0) is 68.9 Å². The van der Waals surface area contributed by atoms with Gasteiger partial charge < -0.3 is 13.8 Å². The van der Waals surface area contributed by atoms with Gasteiger partial charge in [0.2, 0.25) is 10.0 Å². The predicted molar refractivity (Wildman–Crippen MR) is 135 cm³/mol. The number of hydrogen-bond donors (Lipinski definition) is 0. The number of fused-ring (bicyclic) bond motifs is 1. The molecule has 5 rings (SSSR count). The van der Waals surface area contributed by atoms with Crippen LogP contribution in [0.5, 0.6) is 5.75 Å². The Morgan fingerprint density at radius 2 is 1.80 bits per heavy atom. The second-order valence-electron chi connectivity index (χ2n) is 9.29. The van der Waals surface area contributed by atoms with Gasteiger partial charge in [-0.3, -0.25) is 0 Å². The summed E-state index contributed by atoms with van der Waals surface area (Å²) in [4.78, 5) is 0.210. The predicted octanol–water partition coefficient (Wildman–Crippen LogP) is 5.18. The Hall–Kier alpha value is -3.10. The maximum absolute atomic E-state index is 13.3. The van der Waals surface area contributed by atoms with Crippen molar-refractivity contribution >= 4 is 20.9 Å². The smallest absolute Gasteiger partial charge is 0.248 e. The summed E-state index contributed by atoms with van der Waals surface area (Å²) in [6.45, 7) is 7.22. The molecule has 1 fully saturated rings. The molecule has 0 unspecified atom stereocenters. The lowest BCUT2D eigenvalue weighted by molar-refractivity contribution is 0.318. The third-order valence-corrected chi connectivity index (χ3v) is 9.33. The molecule has 1 aliphatic rings. The maximum Gasteiger partial charge on any atom is 0.248 e. The monoisotopic (exact) mass is 493 g/mol. The van der Waals surface area contributed by atoms with Crippen LogP contribution < -0.4 is 4.74 Å². The van der Waals surface area contributed by atoms with Gasteiger partial charge in [-0.2, -0.15) is 4.31 Å². The zero-order valence-corrected chi connectivity index (χ0v) is 21.4. The van der Waals surface area contributed by atoms with Gasteiger partial charge in [0.1, 0.15) is 16.3 Å². The fourth-order valence-electron chi connectivity index (χ4n) is 5.49. The topological polar surface area (TPSA) is 77.6 Å². The molecule has 0 bridgehead atoms. The van der Waals surface area contributed by atoms with Gasteiger partial charge in [0, 0.05) is 36.2 Å². The third kappa shape index (κ3) is 4.15. The van der Waals surface area contributed by atoms with Crippen LogP contribution in [0, 0.1) is 20.8 Å². The Morgan fingerprint density at radius 1 is 1.06 bits per heavy atom. The van der Waals surface area contributed by atoms with Crippen molar-refractivity contribution in [1.82, 2.24) is 14.0 Å². The molecule has 3 heterocycles. The molecule has 184 valence electrons. The molecule has 0 N–H and O–H groups in total. The highest BCUT2D eigenvalue weighted by Crippen LogP contribution is 2.39. The summed E-state index contributed by atoms with van der Waals surface area (Å²) < 4.78 is 41.1. The SMILES string of the molecule is COc1cccc(Cn2c(C)c(C3CCN(S(=O)(=O)c4c(C)noc4C)CC3)c3ccccc32)c1.